The lowest BCUT2D eigenvalue weighted by atomic mass is 10.0. The number of aromatic nitrogens is 2. The van der Waals surface area contributed by atoms with E-state index in [1.165, 1.54) is 0 Å². The fourth-order valence-electron chi connectivity index (χ4n) is 4.44. The first-order valence-electron chi connectivity index (χ1n) is 11.7. The molecule has 0 spiro atoms. The lowest BCUT2D eigenvalue weighted by Crippen LogP contribution is -2.40. The van der Waals surface area contributed by atoms with Crippen molar-refractivity contribution in [1.82, 2.24) is 15.3 Å². The maximum atomic E-state index is 14.0. The van der Waals surface area contributed by atoms with Crippen molar-refractivity contribution >= 4 is 59.2 Å². The fraction of sp³-hybridized carbons (Fsp3) is 0.391. The van der Waals surface area contributed by atoms with Gasteiger partial charge in [-0.3, -0.25) is 0 Å². The van der Waals surface area contributed by atoms with E-state index in [0.717, 1.165) is 47.8 Å². The zero-order valence-corrected chi connectivity index (χ0v) is 23.7. The number of nitrogens with one attached hydrogen (secondary N) is 2. The normalized spacial score (nSPS) is 17.6. The summed E-state index contributed by atoms with van der Waals surface area (Å²) in [5.41, 5.74) is 0.864. The molecular formula is C23H23ClF3N5O4S3. The van der Waals surface area contributed by atoms with E-state index >= 15 is 0 Å². The zero-order chi connectivity index (χ0) is 28.2. The summed E-state index contributed by atoms with van der Waals surface area (Å²) in [4.78, 5) is 9.35. The lowest BCUT2D eigenvalue weighted by Gasteiger charge is -2.28. The number of fused-ring (bicyclic) bond motifs is 1. The molecule has 2 aliphatic rings. The van der Waals surface area contributed by atoms with Gasteiger partial charge in [0.25, 0.3) is 0 Å². The Bertz CT molecular complexity index is 1650. The number of alkyl halides is 3. The molecule has 0 unspecified atom stereocenters. The van der Waals surface area contributed by atoms with Gasteiger partial charge in [-0.2, -0.15) is 13.2 Å². The Morgan fingerprint density at radius 1 is 1.15 bits per heavy atom. The Labute approximate surface area is 232 Å². The van der Waals surface area contributed by atoms with Crippen molar-refractivity contribution in [2.45, 2.75) is 24.0 Å². The second kappa shape index (κ2) is 10.2. The van der Waals surface area contributed by atoms with E-state index < -0.39 is 37.1 Å². The number of nitrogens with zero attached hydrogens (tertiary/aromatic N) is 3. The standard InChI is InChI=1S/C23H23ClF3N5O4S3/c1-38(33,34)19-10-18(37-21(19)32-4-6-39(35,36)7-5-32)20-15(23(25,26)27)12-29-22(31-20)30-17-9-13-2-3-28-11-14(13)8-16(17)24/h8-10,12,28H,2-7,11H2,1H3,(H,29,30,31). The van der Waals surface area contributed by atoms with Crippen LogP contribution in [-0.2, 0) is 38.8 Å². The number of benzene rings is 1. The molecule has 0 amide bonds. The Hall–Kier alpha value is -2.46. The molecule has 0 saturated carbocycles. The van der Waals surface area contributed by atoms with Gasteiger partial charge in [-0.1, -0.05) is 11.6 Å². The Morgan fingerprint density at radius 2 is 1.87 bits per heavy atom. The maximum Gasteiger partial charge on any atom is 0.420 e. The molecule has 9 nitrogen and oxygen atoms in total. The zero-order valence-electron chi connectivity index (χ0n) is 20.5. The molecule has 5 rings (SSSR count). The number of thiophene rings is 1. The van der Waals surface area contributed by atoms with Gasteiger partial charge in [-0.05, 0) is 42.3 Å². The molecule has 2 aromatic heterocycles. The molecule has 0 radical (unpaired) electrons. The van der Waals surface area contributed by atoms with E-state index in [1.54, 1.807) is 11.0 Å². The molecule has 16 heteroatoms. The highest BCUT2D eigenvalue weighted by atomic mass is 35.5. The van der Waals surface area contributed by atoms with Gasteiger partial charge in [0, 0.05) is 32.1 Å². The van der Waals surface area contributed by atoms with Crippen molar-refractivity contribution in [2.75, 3.05) is 47.6 Å². The van der Waals surface area contributed by atoms with Crippen molar-refractivity contribution in [3.05, 3.63) is 46.1 Å². The molecule has 2 aliphatic heterocycles. The molecule has 0 aliphatic carbocycles. The van der Waals surface area contributed by atoms with Gasteiger partial charge in [-0.15, -0.1) is 11.3 Å². The highest BCUT2D eigenvalue weighted by Crippen LogP contribution is 2.44. The number of hydrogen-bond donors (Lipinski definition) is 2. The van der Waals surface area contributed by atoms with Gasteiger partial charge < -0.3 is 15.5 Å². The van der Waals surface area contributed by atoms with Crippen molar-refractivity contribution in [3.63, 3.8) is 0 Å². The number of rotatable bonds is 5. The first kappa shape index (κ1) is 28.1. The van der Waals surface area contributed by atoms with Crippen LogP contribution in [0.4, 0.5) is 29.8 Å². The summed E-state index contributed by atoms with van der Waals surface area (Å²) in [5, 5.41) is 6.67. The van der Waals surface area contributed by atoms with E-state index in [0.29, 0.717) is 23.5 Å². The van der Waals surface area contributed by atoms with Gasteiger partial charge in [0.15, 0.2) is 19.7 Å². The summed E-state index contributed by atoms with van der Waals surface area (Å²) in [6.07, 6.45) is -2.47. The lowest BCUT2D eigenvalue weighted by molar-refractivity contribution is -0.137. The Balaban J connectivity index is 1.58. The number of hydrogen-bond acceptors (Lipinski definition) is 10. The van der Waals surface area contributed by atoms with Gasteiger partial charge in [0.05, 0.1) is 32.8 Å². The van der Waals surface area contributed by atoms with Crippen molar-refractivity contribution in [3.8, 4) is 10.6 Å². The van der Waals surface area contributed by atoms with Gasteiger partial charge in [0.2, 0.25) is 5.95 Å². The summed E-state index contributed by atoms with van der Waals surface area (Å²) >= 11 is 7.23. The second-order valence-corrected chi connectivity index (χ2v) is 15.0. The van der Waals surface area contributed by atoms with Crippen LogP contribution in [0.2, 0.25) is 5.02 Å². The molecule has 39 heavy (non-hydrogen) atoms. The van der Waals surface area contributed by atoms with E-state index in [4.69, 9.17) is 11.6 Å². The smallest absolute Gasteiger partial charge is 0.360 e. The number of halogens is 4. The van der Waals surface area contributed by atoms with Gasteiger partial charge in [-0.25, -0.2) is 26.8 Å². The molecule has 2 N–H and O–H groups in total. The van der Waals surface area contributed by atoms with E-state index in [1.807, 2.05) is 6.07 Å². The Morgan fingerprint density at radius 3 is 2.54 bits per heavy atom. The van der Waals surface area contributed by atoms with Crippen molar-refractivity contribution < 1.29 is 30.0 Å². The third-order valence-electron chi connectivity index (χ3n) is 6.46. The highest BCUT2D eigenvalue weighted by molar-refractivity contribution is 7.91. The molecule has 4 heterocycles. The monoisotopic (exact) mass is 621 g/mol. The van der Waals surface area contributed by atoms with Crippen LogP contribution in [0.25, 0.3) is 10.6 Å². The number of sulfone groups is 2. The van der Waals surface area contributed by atoms with Gasteiger partial charge in [0.1, 0.15) is 15.5 Å². The van der Waals surface area contributed by atoms with E-state index in [2.05, 4.69) is 20.6 Å². The van der Waals surface area contributed by atoms with Crippen LogP contribution in [0.1, 0.15) is 16.7 Å². The van der Waals surface area contributed by atoms with Crippen LogP contribution in [0.15, 0.2) is 29.3 Å². The average molecular weight is 622 g/mol. The van der Waals surface area contributed by atoms with Crippen LogP contribution in [0, 0.1) is 0 Å². The Kier molecular flexibility index (Phi) is 7.33. The molecule has 210 valence electrons. The first-order valence-corrected chi connectivity index (χ1v) is 16.6. The van der Waals surface area contributed by atoms with Crippen LogP contribution in [0.3, 0.4) is 0 Å². The van der Waals surface area contributed by atoms with Crippen LogP contribution >= 0.6 is 22.9 Å². The number of anilines is 3. The average Bonchev–Trinajstić information content (AvgIpc) is 3.30. The predicted octanol–water partition coefficient (Wildman–Crippen LogP) is 3.90. The van der Waals surface area contributed by atoms with Crippen molar-refractivity contribution in [1.29, 1.82) is 0 Å². The van der Waals surface area contributed by atoms with Gasteiger partial charge >= 0.3 is 6.18 Å². The molecule has 1 saturated heterocycles. The first-order chi connectivity index (χ1) is 18.2. The highest BCUT2D eigenvalue weighted by Gasteiger charge is 2.37. The maximum absolute atomic E-state index is 14.0. The largest absolute Gasteiger partial charge is 0.420 e. The SMILES string of the molecule is CS(=O)(=O)c1cc(-c2nc(Nc3cc4c(cc3Cl)CNCC4)ncc2C(F)(F)F)sc1N1CCS(=O)(=O)CC1. The second-order valence-electron chi connectivity index (χ2n) is 9.30. The third kappa shape index (κ3) is 6.01. The molecule has 0 bridgehead atoms. The summed E-state index contributed by atoms with van der Waals surface area (Å²) in [6, 6.07) is 4.74. The van der Waals surface area contributed by atoms with Crippen LogP contribution in [0.5, 0.6) is 0 Å². The van der Waals surface area contributed by atoms with Crippen LogP contribution < -0.4 is 15.5 Å². The van der Waals surface area contributed by atoms with Crippen molar-refractivity contribution in [2.24, 2.45) is 0 Å². The summed E-state index contributed by atoms with van der Waals surface area (Å²) in [5.74, 6) is -0.513. The van der Waals surface area contributed by atoms with E-state index in [9.17, 15) is 30.0 Å². The fourth-order valence-corrected chi connectivity index (χ4v) is 8.41. The van der Waals surface area contributed by atoms with Crippen LogP contribution in [-0.4, -0.2) is 64.2 Å². The minimum Gasteiger partial charge on any atom is -0.360 e. The predicted molar refractivity (Wildman–Crippen MR) is 144 cm³/mol. The quantitative estimate of drug-likeness (QED) is 0.437. The summed E-state index contributed by atoms with van der Waals surface area (Å²) in [6.45, 7) is 1.49. The molecule has 1 aromatic carbocycles. The molecule has 0 atom stereocenters. The molecule has 1 fully saturated rings. The topological polar surface area (TPSA) is 121 Å². The van der Waals surface area contributed by atoms with E-state index in [-0.39, 0.29) is 45.3 Å². The molecule has 3 aromatic rings. The summed E-state index contributed by atoms with van der Waals surface area (Å²) < 4.78 is 91.0. The third-order valence-corrected chi connectivity index (χ3v) is 10.8. The molecular weight excluding hydrogens is 599 g/mol. The minimum absolute atomic E-state index is 0.0276. The summed E-state index contributed by atoms with van der Waals surface area (Å²) in [7, 11) is -7.13. The minimum atomic E-state index is -4.82.